The Labute approximate surface area is 135 Å². The summed E-state index contributed by atoms with van der Waals surface area (Å²) in [6.45, 7) is 9.10. The monoisotopic (exact) mass is 386 g/mol. The first kappa shape index (κ1) is 21.2. The first-order valence-corrected chi connectivity index (χ1v) is 6.71. The molecule has 0 aromatic carbocycles. The van der Waals surface area contributed by atoms with E-state index < -0.39 is 0 Å². The third kappa shape index (κ3) is 10.4. The lowest BCUT2D eigenvalue weighted by Gasteiger charge is -2.24. The fourth-order valence-corrected chi connectivity index (χ4v) is 1.60. The fraction of sp³-hybridized carbons (Fsp3) is 0.923. The standard InChI is InChI=1S/C13H30N4O.HI/c1-7-12(3)17(5)9-8-15-13(14-4)16-11(2)10-18-6;/h11-12H,7-10H2,1-6H3,(H2,14,15,16);1H. The number of guanidine groups is 1. The highest BCUT2D eigenvalue weighted by Gasteiger charge is 2.07. The maximum absolute atomic E-state index is 5.08. The summed E-state index contributed by atoms with van der Waals surface area (Å²) in [7, 11) is 5.64. The van der Waals surface area contributed by atoms with Crippen molar-refractivity contribution in [2.45, 2.75) is 39.3 Å². The fourth-order valence-electron chi connectivity index (χ4n) is 1.60. The van der Waals surface area contributed by atoms with Crippen LogP contribution in [0.3, 0.4) is 0 Å². The Morgan fingerprint density at radius 3 is 2.47 bits per heavy atom. The van der Waals surface area contributed by atoms with Crippen molar-refractivity contribution < 1.29 is 4.74 Å². The van der Waals surface area contributed by atoms with Crippen molar-refractivity contribution in [1.82, 2.24) is 15.5 Å². The minimum absolute atomic E-state index is 0. The van der Waals surface area contributed by atoms with E-state index in [1.54, 1.807) is 14.2 Å². The molecule has 0 aliphatic carbocycles. The average molecular weight is 386 g/mol. The molecule has 0 fully saturated rings. The summed E-state index contributed by atoms with van der Waals surface area (Å²) in [5.41, 5.74) is 0. The Morgan fingerprint density at radius 2 is 2.00 bits per heavy atom. The van der Waals surface area contributed by atoms with Crippen LogP contribution < -0.4 is 10.6 Å². The van der Waals surface area contributed by atoms with Gasteiger partial charge in [0.25, 0.3) is 0 Å². The second-order valence-electron chi connectivity index (χ2n) is 4.74. The van der Waals surface area contributed by atoms with Gasteiger partial charge >= 0.3 is 0 Å². The largest absolute Gasteiger partial charge is 0.383 e. The number of rotatable bonds is 8. The van der Waals surface area contributed by atoms with Crippen LogP contribution in [0, 0.1) is 0 Å². The molecular formula is C13H31IN4O. The quantitative estimate of drug-likeness (QED) is 0.378. The maximum Gasteiger partial charge on any atom is 0.191 e. The molecule has 0 bridgehead atoms. The molecule has 2 unspecified atom stereocenters. The molecule has 0 aromatic rings. The Kier molecular flexibility index (Phi) is 14.4. The minimum atomic E-state index is 0. The van der Waals surface area contributed by atoms with Gasteiger partial charge in [-0.05, 0) is 27.3 Å². The van der Waals surface area contributed by atoms with Crippen molar-refractivity contribution in [2.24, 2.45) is 4.99 Å². The summed E-state index contributed by atoms with van der Waals surface area (Å²) in [5.74, 6) is 0.831. The number of aliphatic imine (C=N–C) groups is 1. The van der Waals surface area contributed by atoms with Crippen molar-refractivity contribution >= 4 is 29.9 Å². The van der Waals surface area contributed by atoms with Crippen molar-refractivity contribution in [2.75, 3.05) is 40.9 Å². The van der Waals surface area contributed by atoms with Crippen molar-refractivity contribution in [3.8, 4) is 0 Å². The number of likely N-dealkylation sites (N-methyl/N-ethyl adjacent to an activating group) is 1. The molecule has 0 amide bonds. The molecule has 2 N–H and O–H groups in total. The van der Waals surface area contributed by atoms with Crippen LogP contribution in [0.2, 0.25) is 0 Å². The van der Waals surface area contributed by atoms with Crippen molar-refractivity contribution in [1.29, 1.82) is 0 Å². The Balaban J connectivity index is 0. The predicted molar refractivity (Wildman–Crippen MR) is 93.6 cm³/mol. The van der Waals surface area contributed by atoms with E-state index >= 15 is 0 Å². The van der Waals surface area contributed by atoms with Gasteiger partial charge in [-0.2, -0.15) is 0 Å². The lowest BCUT2D eigenvalue weighted by Crippen LogP contribution is -2.46. The predicted octanol–water partition coefficient (Wildman–Crippen LogP) is 1.53. The van der Waals surface area contributed by atoms with Gasteiger partial charge in [0.05, 0.1) is 6.61 Å². The van der Waals surface area contributed by atoms with Gasteiger partial charge in [-0.3, -0.25) is 4.99 Å². The first-order chi connectivity index (χ1) is 8.54. The molecule has 0 saturated heterocycles. The zero-order valence-corrected chi connectivity index (χ0v) is 15.5. The number of nitrogens with zero attached hydrogens (tertiary/aromatic N) is 2. The van der Waals surface area contributed by atoms with E-state index in [9.17, 15) is 0 Å². The Morgan fingerprint density at radius 1 is 1.37 bits per heavy atom. The van der Waals surface area contributed by atoms with Crippen LogP contribution in [-0.2, 0) is 4.74 Å². The van der Waals surface area contributed by atoms with Crippen molar-refractivity contribution in [3.05, 3.63) is 0 Å². The third-order valence-corrected chi connectivity index (χ3v) is 3.12. The average Bonchev–Trinajstić information content (AvgIpc) is 2.36. The van der Waals surface area contributed by atoms with Gasteiger partial charge in [-0.15, -0.1) is 24.0 Å². The van der Waals surface area contributed by atoms with Gasteiger partial charge in [0, 0.05) is 39.3 Å². The van der Waals surface area contributed by atoms with Gasteiger partial charge in [0.1, 0.15) is 0 Å². The smallest absolute Gasteiger partial charge is 0.191 e. The molecule has 0 aromatic heterocycles. The number of hydrogen-bond acceptors (Lipinski definition) is 3. The minimum Gasteiger partial charge on any atom is -0.383 e. The van der Waals surface area contributed by atoms with Crippen molar-refractivity contribution in [3.63, 3.8) is 0 Å². The molecule has 2 atom stereocenters. The summed E-state index contributed by atoms with van der Waals surface area (Å²) in [6, 6.07) is 0.877. The normalized spacial score (nSPS) is 14.8. The summed E-state index contributed by atoms with van der Waals surface area (Å²) < 4.78 is 5.08. The summed E-state index contributed by atoms with van der Waals surface area (Å²) in [5, 5.41) is 6.59. The number of hydrogen-bond donors (Lipinski definition) is 2. The van der Waals surface area contributed by atoms with E-state index in [1.165, 1.54) is 6.42 Å². The van der Waals surface area contributed by atoms with E-state index in [2.05, 4.69) is 48.3 Å². The molecule has 0 spiro atoms. The van der Waals surface area contributed by atoms with Crippen LogP contribution in [-0.4, -0.2) is 63.8 Å². The van der Waals surface area contributed by atoms with Crippen LogP contribution in [0.5, 0.6) is 0 Å². The third-order valence-electron chi connectivity index (χ3n) is 3.12. The van der Waals surface area contributed by atoms with Gasteiger partial charge in [0.15, 0.2) is 5.96 Å². The lowest BCUT2D eigenvalue weighted by molar-refractivity contribution is 0.179. The maximum atomic E-state index is 5.08. The number of halogens is 1. The molecule has 0 radical (unpaired) electrons. The summed E-state index contributed by atoms with van der Waals surface area (Å²) in [4.78, 5) is 6.54. The number of ether oxygens (including phenoxy) is 1. The van der Waals surface area contributed by atoms with Gasteiger partial charge < -0.3 is 20.3 Å². The van der Waals surface area contributed by atoms with Crippen LogP contribution >= 0.6 is 24.0 Å². The zero-order chi connectivity index (χ0) is 14.0. The highest BCUT2D eigenvalue weighted by Crippen LogP contribution is 1.98. The number of methoxy groups -OCH3 is 1. The van der Waals surface area contributed by atoms with Gasteiger partial charge in [0.2, 0.25) is 0 Å². The molecule has 19 heavy (non-hydrogen) atoms. The molecule has 0 saturated carbocycles. The van der Waals surface area contributed by atoms with Gasteiger partial charge in [-0.25, -0.2) is 0 Å². The van der Waals surface area contributed by atoms with E-state index in [0.717, 1.165) is 19.0 Å². The van der Waals surface area contributed by atoms with E-state index in [0.29, 0.717) is 12.6 Å². The molecule has 0 heterocycles. The summed E-state index contributed by atoms with van der Waals surface area (Å²) >= 11 is 0. The van der Waals surface area contributed by atoms with Crippen LogP contribution in [0.4, 0.5) is 0 Å². The SMILES string of the molecule is CCC(C)N(C)CCNC(=NC)NC(C)COC.I. The molecule has 0 rings (SSSR count). The van der Waals surface area contributed by atoms with E-state index in [1.807, 2.05) is 0 Å². The van der Waals surface area contributed by atoms with Crippen LogP contribution in [0.1, 0.15) is 27.2 Å². The lowest BCUT2D eigenvalue weighted by atomic mass is 10.2. The molecular weight excluding hydrogens is 355 g/mol. The Hall–Kier alpha value is -0.0800. The molecule has 0 aliphatic rings. The summed E-state index contributed by atoms with van der Waals surface area (Å²) in [6.07, 6.45) is 1.17. The second-order valence-corrected chi connectivity index (χ2v) is 4.74. The van der Waals surface area contributed by atoms with Gasteiger partial charge in [-0.1, -0.05) is 6.92 Å². The van der Waals surface area contributed by atoms with E-state index in [-0.39, 0.29) is 30.0 Å². The molecule has 6 heteroatoms. The number of nitrogens with one attached hydrogen (secondary N) is 2. The first-order valence-electron chi connectivity index (χ1n) is 6.71. The molecule has 5 nitrogen and oxygen atoms in total. The Bertz CT molecular complexity index is 239. The second kappa shape index (κ2) is 12.9. The highest BCUT2D eigenvalue weighted by molar-refractivity contribution is 14.0. The topological polar surface area (TPSA) is 48.9 Å². The molecule has 116 valence electrons. The van der Waals surface area contributed by atoms with Crippen LogP contribution in [0.15, 0.2) is 4.99 Å². The van der Waals surface area contributed by atoms with Crippen LogP contribution in [0.25, 0.3) is 0 Å². The zero-order valence-electron chi connectivity index (χ0n) is 13.2. The van der Waals surface area contributed by atoms with E-state index in [4.69, 9.17) is 4.74 Å². The molecule has 0 aliphatic heterocycles. The highest BCUT2D eigenvalue weighted by atomic mass is 127.